The molecule has 1 heterocycles. The number of likely N-dealkylation sites (tertiary alicyclic amines) is 1. The Bertz CT molecular complexity index is 214. The summed E-state index contributed by atoms with van der Waals surface area (Å²) in [6.07, 6.45) is -1.60. The third-order valence-corrected chi connectivity index (χ3v) is 3.26. The van der Waals surface area contributed by atoms with Crippen LogP contribution in [0.2, 0.25) is 0 Å². The van der Waals surface area contributed by atoms with Gasteiger partial charge in [0, 0.05) is 12.1 Å². The van der Waals surface area contributed by atoms with Crippen molar-refractivity contribution in [1.29, 1.82) is 0 Å². The van der Waals surface area contributed by atoms with Crippen molar-refractivity contribution < 1.29 is 15.3 Å². The summed E-state index contributed by atoms with van der Waals surface area (Å²) in [5.74, 6) is 0.0297. The number of aliphatic hydroxyl groups is 3. The molecule has 90 valence electrons. The summed E-state index contributed by atoms with van der Waals surface area (Å²) in [5, 5.41) is 28.9. The second-order valence-electron chi connectivity index (χ2n) is 5.53. The monoisotopic (exact) mass is 217 g/mol. The van der Waals surface area contributed by atoms with E-state index in [-0.39, 0.29) is 24.1 Å². The Kier molecular flexibility index (Phi) is 3.76. The van der Waals surface area contributed by atoms with E-state index in [4.69, 9.17) is 0 Å². The van der Waals surface area contributed by atoms with Gasteiger partial charge in [-0.1, -0.05) is 6.92 Å². The van der Waals surface area contributed by atoms with Crippen molar-refractivity contribution in [3.05, 3.63) is 0 Å². The average molecular weight is 217 g/mol. The molecule has 3 N–H and O–H groups in total. The highest BCUT2D eigenvalue weighted by Crippen LogP contribution is 2.28. The molecule has 4 atom stereocenters. The van der Waals surface area contributed by atoms with E-state index in [1.807, 2.05) is 27.7 Å². The van der Waals surface area contributed by atoms with Gasteiger partial charge in [0.05, 0.1) is 24.9 Å². The average Bonchev–Trinajstić information content (AvgIpc) is 2.12. The first-order chi connectivity index (χ1) is 6.79. The molecule has 0 spiro atoms. The van der Waals surface area contributed by atoms with Gasteiger partial charge in [-0.05, 0) is 26.7 Å². The quantitative estimate of drug-likeness (QED) is 0.570. The fourth-order valence-electron chi connectivity index (χ4n) is 2.28. The molecule has 0 bridgehead atoms. The van der Waals surface area contributed by atoms with E-state index >= 15 is 0 Å². The van der Waals surface area contributed by atoms with Gasteiger partial charge in [-0.3, -0.25) is 4.90 Å². The minimum Gasteiger partial charge on any atom is -0.395 e. The van der Waals surface area contributed by atoms with Crippen LogP contribution in [0, 0.1) is 5.92 Å². The lowest BCUT2D eigenvalue weighted by Gasteiger charge is -2.50. The highest BCUT2D eigenvalue weighted by molar-refractivity contribution is 4.96. The van der Waals surface area contributed by atoms with Crippen LogP contribution in [0.3, 0.4) is 0 Å². The van der Waals surface area contributed by atoms with Crippen LogP contribution in [0.4, 0.5) is 0 Å². The van der Waals surface area contributed by atoms with Crippen LogP contribution < -0.4 is 0 Å². The molecule has 0 radical (unpaired) electrons. The third-order valence-electron chi connectivity index (χ3n) is 3.26. The van der Waals surface area contributed by atoms with Gasteiger partial charge in [0.1, 0.15) is 0 Å². The summed E-state index contributed by atoms with van der Waals surface area (Å²) in [5.41, 5.74) is -0.108. The van der Waals surface area contributed by atoms with Crippen LogP contribution in [-0.4, -0.2) is 57.2 Å². The Morgan fingerprint density at radius 3 is 2.13 bits per heavy atom. The Labute approximate surface area is 91.5 Å². The van der Waals surface area contributed by atoms with E-state index < -0.39 is 12.2 Å². The lowest BCUT2D eigenvalue weighted by Crippen LogP contribution is -2.64. The third kappa shape index (κ3) is 2.50. The molecule has 4 nitrogen and oxygen atoms in total. The molecule has 0 aliphatic carbocycles. The number of hydrogen-bond acceptors (Lipinski definition) is 4. The van der Waals surface area contributed by atoms with E-state index in [0.717, 1.165) is 0 Å². The summed E-state index contributed by atoms with van der Waals surface area (Å²) < 4.78 is 0. The molecule has 0 unspecified atom stereocenters. The van der Waals surface area contributed by atoms with Crippen LogP contribution in [0.1, 0.15) is 27.7 Å². The van der Waals surface area contributed by atoms with E-state index in [0.29, 0.717) is 6.54 Å². The zero-order chi connectivity index (χ0) is 11.8. The molecule has 0 aromatic carbocycles. The molecule has 1 fully saturated rings. The van der Waals surface area contributed by atoms with Crippen molar-refractivity contribution in [3.63, 3.8) is 0 Å². The van der Waals surface area contributed by atoms with E-state index in [9.17, 15) is 15.3 Å². The summed E-state index contributed by atoms with van der Waals surface area (Å²) in [4.78, 5) is 2.06. The van der Waals surface area contributed by atoms with Crippen LogP contribution in [0.15, 0.2) is 0 Å². The molecule has 1 aliphatic rings. The predicted octanol–water partition coefficient (Wildman–Crippen LogP) is -0.181. The molecule has 1 rings (SSSR count). The van der Waals surface area contributed by atoms with Crippen molar-refractivity contribution in [2.24, 2.45) is 5.92 Å². The Balaban J connectivity index is 2.87. The molecule has 0 amide bonds. The summed E-state index contributed by atoms with van der Waals surface area (Å²) in [7, 11) is 0. The number of hydrogen-bond donors (Lipinski definition) is 3. The zero-order valence-corrected chi connectivity index (χ0v) is 10.0. The Hall–Kier alpha value is -0.160. The van der Waals surface area contributed by atoms with Gasteiger partial charge < -0.3 is 15.3 Å². The van der Waals surface area contributed by atoms with E-state index in [2.05, 4.69) is 4.90 Å². The van der Waals surface area contributed by atoms with Gasteiger partial charge in [-0.25, -0.2) is 0 Å². The van der Waals surface area contributed by atoms with Gasteiger partial charge in [-0.2, -0.15) is 0 Å². The molecule has 1 saturated heterocycles. The first-order valence-corrected chi connectivity index (χ1v) is 5.52. The van der Waals surface area contributed by atoms with Crippen molar-refractivity contribution in [3.8, 4) is 0 Å². The second kappa shape index (κ2) is 4.37. The van der Waals surface area contributed by atoms with Gasteiger partial charge in [-0.15, -0.1) is 0 Å². The fourth-order valence-corrected chi connectivity index (χ4v) is 2.28. The molecule has 0 saturated carbocycles. The lowest BCUT2D eigenvalue weighted by molar-refractivity contribution is -0.136. The molecule has 1 aliphatic heterocycles. The standard InChI is InChI=1S/C11H23NO3/c1-7-5-12(11(2,3)4)8(6-13)10(15)9(7)14/h7-10,13-15H,5-6H2,1-4H3/t7-,8+,9+,10+/m0/s1. The van der Waals surface area contributed by atoms with E-state index in [1.54, 1.807) is 0 Å². The van der Waals surface area contributed by atoms with Gasteiger partial charge in [0.25, 0.3) is 0 Å². The normalized spacial score (nSPS) is 39.4. The minimum absolute atomic E-state index is 0.0297. The number of piperidine rings is 1. The number of aliphatic hydroxyl groups excluding tert-OH is 3. The molecule has 0 aromatic rings. The molecule has 15 heavy (non-hydrogen) atoms. The fraction of sp³-hybridized carbons (Fsp3) is 1.00. The lowest BCUT2D eigenvalue weighted by atomic mass is 9.85. The predicted molar refractivity (Wildman–Crippen MR) is 58.5 cm³/mol. The number of nitrogens with zero attached hydrogens (tertiary/aromatic N) is 1. The van der Waals surface area contributed by atoms with Crippen molar-refractivity contribution >= 4 is 0 Å². The molecule has 4 heteroatoms. The van der Waals surface area contributed by atoms with Crippen molar-refractivity contribution in [2.45, 2.75) is 51.5 Å². The molecular weight excluding hydrogens is 194 g/mol. The summed E-state index contributed by atoms with van der Waals surface area (Å²) in [6, 6.07) is -0.365. The smallest absolute Gasteiger partial charge is 0.0979 e. The molecular formula is C11H23NO3. The Morgan fingerprint density at radius 2 is 1.73 bits per heavy atom. The van der Waals surface area contributed by atoms with Gasteiger partial charge >= 0.3 is 0 Å². The first kappa shape index (κ1) is 12.9. The molecule has 0 aromatic heterocycles. The highest BCUT2D eigenvalue weighted by atomic mass is 16.3. The van der Waals surface area contributed by atoms with Gasteiger partial charge in [0.15, 0.2) is 0 Å². The minimum atomic E-state index is -0.863. The first-order valence-electron chi connectivity index (χ1n) is 5.52. The Morgan fingerprint density at radius 1 is 1.20 bits per heavy atom. The van der Waals surface area contributed by atoms with E-state index in [1.165, 1.54) is 0 Å². The summed E-state index contributed by atoms with van der Waals surface area (Å²) >= 11 is 0. The van der Waals surface area contributed by atoms with Gasteiger partial charge in [0.2, 0.25) is 0 Å². The second-order valence-corrected chi connectivity index (χ2v) is 5.53. The maximum atomic E-state index is 9.89. The highest BCUT2D eigenvalue weighted by Gasteiger charge is 2.43. The topological polar surface area (TPSA) is 63.9 Å². The SMILES string of the molecule is C[C@H]1CN(C(C)(C)C)[C@H](CO)[C@@H](O)[C@@H]1O. The maximum absolute atomic E-state index is 9.89. The number of rotatable bonds is 1. The van der Waals surface area contributed by atoms with Crippen LogP contribution >= 0.6 is 0 Å². The maximum Gasteiger partial charge on any atom is 0.0979 e. The van der Waals surface area contributed by atoms with Crippen LogP contribution in [0.25, 0.3) is 0 Å². The van der Waals surface area contributed by atoms with Crippen LogP contribution in [-0.2, 0) is 0 Å². The zero-order valence-electron chi connectivity index (χ0n) is 10.0. The largest absolute Gasteiger partial charge is 0.395 e. The van der Waals surface area contributed by atoms with Crippen LogP contribution in [0.5, 0.6) is 0 Å². The van der Waals surface area contributed by atoms with Crippen molar-refractivity contribution in [1.82, 2.24) is 4.90 Å². The van der Waals surface area contributed by atoms with Crippen molar-refractivity contribution in [2.75, 3.05) is 13.2 Å². The summed E-state index contributed by atoms with van der Waals surface area (Å²) in [6.45, 7) is 8.64.